The second kappa shape index (κ2) is 7.77. The summed E-state index contributed by atoms with van der Waals surface area (Å²) in [7, 11) is 3.61. The van der Waals surface area contributed by atoms with E-state index in [1.165, 1.54) is 12.1 Å². The van der Waals surface area contributed by atoms with Gasteiger partial charge in [-0.25, -0.2) is 0 Å². The number of carbonyl (C=O) groups is 1. The van der Waals surface area contributed by atoms with Crippen LogP contribution < -0.4 is 10.2 Å². The van der Waals surface area contributed by atoms with Crippen molar-refractivity contribution >= 4 is 17.3 Å². The molecule has 0 saturated carbocycles. The third-order valence-corrected chi connectivity index (χ3v) is 3.47. The fraction of sp³-hybridized carbons (Fsp3) is 0.562. The standard InChI is InChI=1S/C16H25N3O3/c1-11(2)6-7-12(3)17-16(20)14-10-13(19(21)22)8-9-15(14)18(4)5/h8-12H,6-7H2,1-5H3,(H,17,20). The molecule has 0 fully saturated rings. The first-order valence-corrected chi connectivity index (χ1v) is 7.49. The van der Waals surface area contributed by atoms with Crippen LogP contribution in [0.25, 0.3) is 0 Å². The lowest BCUT2D eigenvalue weighted by Gasteiger charge is -2.19. The van der Waals surface area contributed by atoms with Gasteiger partial charge in [0.25, 0.3) is 11.6 Å². The summed E-state index contributed by atoms with van der Waals surface area (Å²) in [6.45, 7) is 6.23. The number of hydrogen-bond donors (Lipinski definition) is 1. The van der Waals surface area contributed by atoms with E-state index in [-0.39, 0.29) is 17.6 Å². The SMILES string of the molecule is CC(C)CCC(C)NC(=O)c1cc([N+](=O)[O-])ccc1N(C)C. The highest BCUT2D eigenvalue weighted by Crippen LogP contribution is 2.24. The molecule has 0 bridgehead atoms. The molecule has 6 nitrogen and oxygen atoms in total. The molecule has 1 N–H and O–H groups in total. The Kier molecular flexibility index (Phi) is 6.34. The zero-order valence-corrected chi connectivity index (χ0v) is 13.9. The van der Waals surface area contributed by atoms with Gasteiger partial charge in [-0.1, -0.05) is 13.8 Å². The van der Waals surface area contributed by atoms with E-state index in [4.69, 9.17) is 0 Å². The van der Waals surface area contributed by atoms with Crippen LogP contribution in [0.3, 0.4) is 0 Å². The Morgan fingerprint density at radius 3 is 2.41 bits per heavy atom. The second-order valence-corrected chi connectivity index (χ2v) is 6.20. The minimum absolute atomic E-state index is 0.0316. The number of nitro groups is 1. The molecule has 122 valence electrons. The lowest BCUT2D eigenvalue weighted by Crippen LogP contribution is -2.33. The average Bonchev–Trinajstić information content (AvgIpc) is 2.44. The Morgan fingerprint density at radius 1 is 1.27 bits per heavy atom. The van der Waals surface area contributed by atoms with Crippen molar-refractivity contribution in [1.29, 1.82) is 0 Å². The molecule has 1 aromatic rings. The molecular formula is C16H25N3O3. The van der Waals surface area contributed by atoms with Crippen molar-refractivity contribution in [2.75, 3.05) is 19.0 Å². The third kappa shape index (κ3) is 5.02. The second-order valence-electron chi connectivity index (χ2n) is 6.20. The summed E-state index contributed by atoms with van der Waals surface area (Å²) in [5.74, 6) is 0.304. The smallest absolute Gasteiger partial charge is 0.270 e. The molecule has 0 aliphatic rings. The van der Waals surface area contributed by atoms with Crippen molar-refractivity contribution in [1.82, 2.24) is 5.32 Å². The molecule has 1 atom stereocenters. The Hall–Kier alpha value is -2.11. The fourth-order valence-corrected chi connectivity index (χ4v) is 2.17. The van der Waals surface area contributed by atoms with Gasteiger partial charge in [-0.15, -0.1) is 0 Å². The summed E-state index contributed by atoms with van der Waals surface area (Å²) >= 11 is 0. The van der Waals surface area contributed by atoms with Crippen LogP contribution >= 0.6 is 0 Å². The van der Waals surface area contributed by atoms with Crippen LogP contribution in [0.1, 0.15) is 44.0 Å². The summed E-state index contributed by atoms with van der Waals surface area (Å²) < 4.78 is 0. The third-order valence-electron chi connectivity index (χ3n) is 3.47. The normalized spacial score (nSPS) is 12.1. The molecule has 1 unspecified atom stereocenters. The minimum Gasteiger partial charge on any atom is -0.377 e. The fourth-order valence-electron chi connectivity index (χ4n) is 2.17. The first-order valence-electron chi connectivity index (χ1n) is 7.49. The van der Waals surface area contributed by atoms with E-state index in [1.54, 1.807) is 25.1 Å². The monoisotopic (exact) mass is 307 g/mol. The van der Waals surface area contributed by atoms with Crippen LogP contribution in [0.2, 0.25) is 0 Å². The van der Waals surface area contributed by atoms with Crippen molar-refractivity contribution in [3.05, 3.63) is 33.9 Å². The number of nitrogens with one attached hydrogen (secondary N) is 1. The highest BCUT2D eigenvalue weighted by atomic mass is 16.6. The van der Waals surface area contributed by atoms with Gasteiger partial charge in [0.15, 0.2) is 0 Å². The molecule has 0 spiro atoms. The predicted octanol–water partition coefficient (Wildman–Crippen LogP) is 3.22. The number of amides is 1. The number of nitro benzene ring substituents is 1. The molecule has 1 aromatic carbocycles. The largest absolute Gasteiger partial charge is 0.377 e. The number of rotatable bonds is 7. The maximum absolute atomic E-state index is 12.4. The molecule has 0 aliphatic heterocycles. The van der Waals surface area contributed by atoms with Gasteiger partial charge in [-0.05, 0) is 31.7 Å². The van der Waals surface area contributed by atoms with E-state index in [9.17, 15) is 14.9 Å². The Balaban J connectivity index is 2.94. The molecule has 22 heavy (non-hydrogen) atoms. The molecule has 0 aromatic heterocycles. The number of hydrogen-bond acceptors (Lipinski definition) is 4. The molecule has 0 aliphatic carbocycles. The first kappa shape index (κ1) is 17.9. The van der Waals surface area contributed by atoms with E-state index >= 15 is 0 Å². The topological polar surface area (TPSA) is 75.5 Å². The van der Waals surface area contributed by atoms with Crippen LogP contribution in [-0.2, 0) is 0 Å². The van der Waals surface area contributed by atoms with Gasteiger partial charge in [-0.3, -0.25) is 14.9 Å². The van der Waals surface area contributed by atoms with Crippen molar-refractivity contribution in [2.24, 2.45) is 5.92 Å². The van der Waals surface area contributed by atoms with Crippen LogP contribution in [-0.4, -0.2) is 31.0 Å². The molecule has 0 saturated heterocycles. The Bertz CT molecular complexity index is 541. The summed E-state index contributed by atoms with van der Waals surface area (Å²) in [4.78, 5) is 24.6. The van der Waals surface area contributed by atoms with Crippen molar-refractivity contribution in [3.8, 4) is 0 Å². The number of anilines is 1. The molecular weight excluding hydrogens is 282 g/mol. The minimum atomic E-state index is -0.488. The molecule has 6 heteroatoms. The number of nitrogens with zero attached hydrogens (tertiary/aromatic N) is 2. The molecule has 0 heterocycles. The van der Waals surface area contributed by atoms with Gasteiger partial charge in [-0.2, -0.15) is 0 Å². The Labute approximate surface area is 131 Å². The highest BCUT2D eigenvalue weighted by molar-refractivity contribution is 6.00. The van der Waals surface area contributed by atoms with Gasteiger partial charge < -0.3 is 10.2 Å². The van der Waals surface area contributed by atoms with E-state index in [0.29, 0.717) is 17.2 Å². The lowest BCUT2D eigenvalue weighted by atomic mass is 10.0. The molecule has 1 amide bonds. The van der Waals surface area contributed by atoms with Gasteiger partial charge in [0.05, 0.1) is 10.5 Å². The lowest BCUT2D eigenvalue weighted by molar-refractivity contribution is -0.384. The summed E-state index contributed by atoms with van der Waals surface area (Å²) in [5.41, 5.74) is 0.917. The zero-order valence-electron chi connectivity index (χ0n) is 13.9. The molecule has 0 radical (unpaired) electrons. The van der Waals surface area contributed by atoms with E-state index in [1.807, 2.05) is 6.92 Å². The number of carbonyl (C=O) groups excluding carboxylic acids is 1. The van der Waals surface area contributed by atoms with E-state index in [0.717, 1.165) is 12.8 Å². The van der Waals surface area contributed by atoms with Gasteiger partial charge in [0, 0.05) is 38.0 Å². The van der Waals surface area contributed by atoms with Crippen LogP contribution in [0.5, 0.6) is 0 Å². The van der Waals surface area contributed by atoms with Crippen LogP contribution in [0.4, 0.5) is 11.4 Å². The van der Waals surface area contributed by atoms with E-state index in [2.05, 4.69) is 19.2 Å². The summed E-state index contributed by atoms with van der Waals surface area (Å²) in [5, 5.41) is 13.8. The van der Waals surface area contributed by atoms with Crippen molar-refractivity contribution in [2.45, 2.75) is 39.7 Å². The van der Waals surface area contributed by atoms with Gasteiger partial charge in [0.2, 0.25) is 0 Å². The van der Waals surface area contributed by atoms with Crippen LogP contribution in [0, 0.1) is 16.0 Å². The average molecular weight is 307 g/mol. The van der Waals surface area contributed by atoms with Crippen LogP contribution in [0.15, 0.2) is 18.2 Å². The highest BCUT2D eigenvalue weighted by Gasteiger charge is 2.19. The Morgan fingerprint density at radius 2 is 1.91 bits per heavy atom. The van der Waals surface area contributed by atoms with Gasteiger partial charge >= 0.3 is 0 Å². The predicted molar refractivity (Wildman–Crippen MR) is 88.4 cm³/mol. The molecule has 1 rings (SSSR count). The number of benzene rings is 1. The van der Waals surface area contributed by atoms with Gasteiger partial charge in [0.1, 0.15) is 0 Å². The maximum Gasteiger partial charge on any atom is 0.270 e. The van der Waals surface area contributed by atoms with E-state index < -0.39 is 4.92 Å². The quantitative estimate of drug-likeness (QED) is 0.620. The number of non-ortho nitro benzene ring substituents is 1. The first-order chi connectivity index (χ1) is 10.2. The van der Waals surface area contributed by atoms with Crippen molar-refractivity contribution < 1.29 is 9.72 Å². The maximum atomic E-state index is 12.4. The summed E-state index contributed by atoms with van der Waals surface area (Å²) in [6.07, 6.45) is 1.91. The zero-order chi connectivity index (χ0) is 16.9. The van der Waals surface area contributed by atoms with Crippen molar-refractivity contribution in [3.63, 3.8) is 0 Å². The summed E-state index contributed by atoms with van der Waals surface area (Å²) in [6, 6.07) is 4.38.